The van der Waals surface area contributed by atoms with Crippen molar-refractivity contribution in [1.29, 1.82) is 0 Å². The minimum atomic E-state index is 0.259. The summed E-state index contributed by atoms with van der Waals surface area (Å²) in [6.45, 7) is 9.64. The highest BCUT2D eigenvalue weighted by molar-refractivity contribution is 5.63. The lowest BCUT2D eigenvalue weighted by Crippen LogP contribution is -2.44. The molecule has 1 aromatic rings. The van der Waals surface area contributed by atoms with E-state index in [9.17, 15) is 0 Å². The van der Waals surface area contributed by atoms with Crippen LogP contribution >= 0.6 is 0 Å². The number of rotatable bonds is 1. The summed E-state index contributed by atoms with van der Waals surface area (Å²) >= 11 is 0. The molecule has 0 aliphatic carbocycles. The van der Waals surface area contributed by atoms with Crippen molar-refractivity contribution in [3.05, 3.63) is 23.8 Å². The second-order valence-corrected chi connectivity index (χ2v) is 6.13. The maximum atomic E-state index is 6.06. The zero-order valence-corrected chi connectivity index (χ0v) is 11.3. The van der Waals surface area contributed by atoms with Crippen molar-refractivity contribution in [2.75, 3.05) is 37.7 Å². The maximum Gasteiger partial charge on any atom is 0.145 e. The Bertz CT molecular complexity index is 436. The molecule has 0 amide bonds. The smallest absolute Gasteiger partial charge is 0.145 e. The van der Waals surface area contributed by atoms with Crippen molar-refractivity contribution in [2.24, 2.45) is 5.41 Å². The van der Waals surface area contributed by atoms with Crippen LogP contribution in [-0.2, 0) is 6.42 Å². The van der Waals surface area contributed by atoms with Crippen LogP contribution in [0.1, 0.15) is 19.4 Å². The molecule has 2 heterocycles. The number of ether oxygens (including phenoxy) is 1. The third-order valence-electron chi connectivity index (χ3n) is 3.81. The lowest BCUT2D eigenvalue weighted by Gasteiger charge is -2.36. The van der Waals surface area contributed by atoms with Crippen LogP contribution in [0.2, 0.25) is 0 Å². The van der Waals surface area contributed by atoms with Crippen LogP contribution < -0.4 is 15.0 Å². The molecule has 0 unspecified atom stereocenters. The molecule has 1 saturated heterocycles. The lowest BCUT2D eigenvalue weighted by atomic mass is 9.84. The summed E-state index contributed by atoms with van der Waals surface area (Å²) in [5.41, 5.74) is 2.90. The highest BCUT2D eigenvalue weighted by atomic mass is 16.5. The molecule has 98 valence electrons. The molecule has 1 fully saturated rings. The van der Waals surface area contributed by atoms with Crippen molar-refractivity contribution in [3.8, 4) is 5.75 Å². The fourth-order valence-corrected chi connectivity index (χ4v) is 2.87. The molecule has 3 heteroatoms. The van der Waals surface area contributed by atoms with Gasteiger partial charge in [-0.15, -0.1) is 0 Å². The first-order chi connectivity index (χ1) is 8.66. The summed E-state index contributed by atoms with van der Waals surface area (Å²) < 4.78 is 6.06. The van der Waals surface area contributed by atoms with E-state index < -0.39 is 0 Å². The highest BCUT2D eigenvalue weighted by Gasteiger charge is 2.29. The average Bonchev–Trinajstić information content (AvgIpc) is 2.37. The Hall–Kier alpha value is -1.22. The highest BCUT2D eigenvalue weighted by Crippen LogP contribution is 2.40. The third kappa shape index (κ3) is 2.19. The van der Waals surface area contributed by atoms with Gasteiger partial charge in [-0.1, -0.05) is 26.0 Å². The molecular weight excluding hydrogens is 224 g/mol. The normalized spacial score (nSPS) is 22.2. The predicted molar refractivity (Wildman–Crippen MR) is 74.5 cm³/mol. The Morgan fingerprint density at radius 3 is 2.78 bits per heavy atom. The number of hydrogen-bond acceptors (Lipinski definition) is 3. The summed E-state index contributed by atoms with van der Waals surface area (Å²) in [6.07, 6.45) is 1.11. The zero-order valence-electron chi connectivity index (χ0n) is 11.3. The fourth-order valence-electron chi connectivity index (χ4n) is 2.87. The molecule has 3 rings (SSSR count). The van der Waals surface area contributed by atoms with Gasteiger partial charge in [0.1, 0.15) is 5.75 Å². The van der Waals surface area contributed by atoms with Gasteiger partial charge in [-0.3, -0.25) is 0 Å². The Morgan fingerprint density at radius 1 is 1.22 bits per heavy atom. The molecule has 1 N–H and O–H groups in total. The number of piperazine rings is 1. The number of para-hydroxylation sites is 1. The molecule has 0 atom stereocenters. The van der Waals surface area contributed by atoms with Gasteiger partial charge >= 0.3 is 0 Å². The van der Waals surface area contributed by atoms with Crippen molar-refractivity contribution in [3.63, 3.8) is 0 Å². The Kier molecular flexibility index (Phi) is 2.94. The van der Waals surface area contributed by atoms with Crippen LogP contribution in [0.15, 0.2) is 18.2 Å². The van der Waals surface area contributed by atoms with Gasteiger partial charge in [0.25, 0.3) is 0 Å². The molecular formula is C15H22N2O. The molecule has 1 aromatic carbocycles. The van der Waals surface area contributed by atoms with E-state index >= 15 is 0 Å². The number of hydrogen-bond donors (Lipinski definition) is 1. The van der Waals surface area contributed by atoms with Gasteiger partial charge in [-0.25, -0.2) is 0 Å². The van der Waals surface area contributed by atoms with E-state index in [0.29, 0.717) is 0 Å². The van der Waals surface area contributed by atoms with Crippen LogP contribution in [-0.4, -0.2) is 32.8 Å². The quantitative estimate of drug-likeness (QED) is 0.821. The summed E-state index contributed by atoms with van der Waals surface area (Å²) in [5.74, 6) is 1.12. The largest absolute Gasteiger partial charge is 0.491 e. The molecule has 0 saturated carbocycles. The molecule has 0 radical (unpaired) electrons. The SMILES string of the molecule is CC1(C)COc2c(cccc2N2CCNCC2)C1. The molecule has 2 aliphatic rings. The number of nitrogens with zero attached hydrogens (tertiary/aromatic N) is 1. The molecule has 0 aromatic heterocycles. The monoisotopic (exact) mass is 246 g/mol. The molecule has 2 aliphatic heterocycles. The lowest BCUT2D eigenvalue weighted by molar-refractivity contribution is 0.155. The van der Waals surface area contributed by atoms with E-state index in [0.717, 1.165) is 45.0 Å². The molecule has 0 spiro atoms. The Labute approximate surface area is 109 Å². The summed E-state index contributed by atoms with van der Waals surface area (Å²) in [4.78, 5) is 2.44. The van der Waals surface area contributed by atoms with E-state index in [2.05, 4.69) is 42.3 Å². The van der Waals surface area contributed by atoms with Crippen LogP contribution in [0.3, 0.4) is 0 Å². The van der Waals surface area contributed by atoms with Crippen LogP contribution in [0.25, 0.3) is 0 Å². The number of fused-ring (bicyclic) bond motifs is 1. The van der Waals surface area contributed by atoms with Gasteiger partial charge in [0.2, 0.25) is 0 Å². The van der Waals surface area contributed by atoms with E-state index in [1.807, 2.05) is 0 Å². The third-order valence-corrected chi connectivity index (χ3v) is 3.81. The number of nitrogens with one attached hydrogen (secondary N) is 1. The van der Waals surface area contributed by atoms with Crippen molar-refractivity contribution < 1.29 is 4.74 Å². The van der Waals surface area contributed by atoms with E-state index in [1.165, 1.54) is 11.3 Å². The topological polar surface area (TPSA) is 24.5 Å². The van der Waals surface area contributed by atoms with E-state index in [-0.39, 0.29) is 5.41 Å². The van der Waals surface area contributed by atoms with Crippen molar-refractivity contribution >= 4 is 5.69 Å². The van der Waals surface area contributed by atoms with Gasteiger partial charge in [0.15, 0.2) is 0 Å². The van der Waals surface area contributed by atoms with Gasteiger partial charge < -0.3 is 15.0 Å². The second-order valence-electron chi connectivity index (χ2n) is 6.13. The van der Waals surface area contributed by atoms with Crippen LogP contribution in [0.4, 0.5) is 5.69 Å². The number of anilines is 1. The fraction of sp³-hybridized carbons (Fsp3) is 0.600. The van der Waals surface area contributed by atoms with Gasteiger partial charge in [0, 0.05) is 31.6 Å². The maximum absolute atomic E-state index is 6.06. The Morgan fingerprint density at radius 2 is 2.00 bits per heavy atom. The van der Waals surface area contributed by atoms with E-state index in [4.69, 9.17) is 4.74 Å². The first-order valence-electron chi connectivity index (χ1n) is 6.86. The first-order valence-corrected chi connectivity index (χ1v) is 6.86. The summed E-state index contributed by atoms with van der Waals surface area (Å²) in [7, 11) is 0. The first kappa shape index (κ1) is 11.8. The Balaban J connectivity index is 1.92. The van der Waals surface area contributed by atoms with Gasteiger partial charge in [-0.05, 0) is 18.1 Å². The van der Waals surface area contributed by atoms with Crippen LogP contribution in [0, 0.1) is 5.41 Å². The van der Waals surface area contributed by atoms with E-state index in [1.54, 1.807) is 0 Å². The second kappa shape index (κ2) is 4.47. The summed E-state index contributed by atoms with van der Waals surface area (Å²) in [6, 6.07) is 6.57. The average molecular weight is 246 g/mol. The summed E-state index contributed by atoms with van der Waals surface area (Å²) in [5, 5.41) is 3.40. The minimum absolute atomic E-state index is 0.259. The predicted octanol–water partition coefficient (Wildman–Crippen LogP) is 2.06. The van der Waals surface area contributed by atoms with Crippen molar-refractivity contribution in [1.82, 2.24) is 5.32 Å². The molecule has 18 heavy (non-hydrogen) atoms. The van der Waals surface area contributed by atoms with Gasteiger partial charge in [-0.2, -0.15) is 0 Å². The zero-order chi connectivity index (χ0) is 12.6. The minimum Gasteiger partial charge on any atom is -0.491 e. The molecule has 3 nitrogen and oxygen atoms in total. The van der Waals surface area contributed by atoms with Crippen molar-refractivity contribution in [2.45, 2.75) is 20.3 Å². The number of benzene rings is 1. The van der Waals surface area contributed by atoms with Crippen LogP contribution in [0.5, 0.6) is 5.75 Å². The standard InChI is InChI=1S/C15H22N2O/c1-15(2)10-12-4-3-5-13(14(12)18-11-15)17-8-6-16-7-9-17/h3-5,16H,6-11H2,1-2H3. The van der Waals surface area contributed by atoms with Gasteiger partial charge in [0.05, 0.1) is 12.3 Å². The molecule has 0 bridgehead atoms.